The van der Waals surface area contributed by atoms with Gasteiger partial charge in [-0.2, -0.15) is 0 Å². The molecule has 0 unspecified atom stereocenters. The van der Waals surface area contributed by atoms with Crippen molar-refractivity contribution in [3.8, 4) is 0 Å². The molecular formula is HfNiO3. The minimum atomic E-state index is 0. The van der Waals surface area contributed by atoms with Crippen molar-refractivity contribution in [2.75, 3.05) is 0 Å². The normalized spacial score (nSPS) is 0. The van der Waals surface area contributed by atoms with Crippen LogP contribution in [-0.4, -0.2) is 0 Å². The van der Waals surface area contributed by atoms with Crippen LogP contribution >= 0.6 is 0 Å². The molecule has 0 aliphatic rings. The van der Waals surface area contributed by atoms with Crippen LogP contribution < -0.4 is 0 Å². The maximum Gasteiger partial charge on any atom is 4.00 e. The van der Waals surface area contributed by atoms with Gasteiger partial charge in [-0.1, -0.05) is 0 Å². The van der Waals surface area contributed by atoms with E-state index in [1.165, 1.54) is 0 Å². The van der Waals surface area contributed by atoms with Crippen molar-refractivity contribution >= 4 is 0 Å². The molecule has 3 nitrogen and oxygen atoms in total. The molecule has 0 radical (unpaired) electrons. The van der Waals surface area contributed by atoms with E-state index in [0.717, 1.165) is 0 Å². The molecule has 5 heteroatoms. The van der Waals surface area contributed by atoms with Gasteiger partial charge in [0.2, 0.25) is 0 Å². The molecule has 0 aliphatic carbocycles. The zero-order valence-electron chi connectivity index (χ0n) is 2.04. The Bertz CT molecular complexity index is 6.85. The van der Waals surface area contributed by atoms with E-state index in [4.69, 9.17) is 0 Å². The van der Waals surface area contributed by atoms with E-state index < -0.39 is 0 Å². The molecule has 0 atom stereocenters. The molecule has 0 saturated heterocycles. The largest absolute Gasteiger partial charge is 4.00 e. The Hall–Kier alpha value is 1.24. The monoisotopic (exact) mass is 286 g/mol. The maximum atomic E-state index is 0. The Morgan fingerprint density at radius 1 is 0.600 bits per heavy atom. The average Bonchev–Trinajstić information content (AvgIpc) is 0. The van der Waals surface area contributed by atoms with E-state index in [9.17, 15) is 0 Å². The molecular weight excluding hydrogens is 285 g/mol. The first-order valence-electron chi connectivity index (χ1n) is 0. The van der Waals surface area contributed by atoms with Gasteiger partial charge in [0.05, 0.1) is 0 Å². The van der Waals surface area contributed by atoms with Crippen molar-refractivity contribution in [1.82, 2.24) is 0 Å². The Morgan fingerprint density at radius 2 is 0.600 bits per heavy atom. The van der Waals surface area contributed by atoms with E-state index in [-0.39, 0.29) is 58.8 Å². The van der Waals surface area contributed by atoms with Gasteiger partial charge in [-0.3, -0.25) is 0 Å². The van der Waals surface area contributed by atoms with Crippen LogP contribution in [0.3, 0.4) is 0 Å². The molecule has 0 spiro atoms. The zero-order valence-corrected chi connectivity index (χ0v) is 6.62. The van der Waals surface area contributed by atoms with Gasteiger partial charge in [-0.05, 0) is 0 Å². The van der Waals surface area contributed by atoms with Crippen LogP contribution in [-0.2, 0) is 58.8 Å². The second-order valence-electron chi connectivity index (χ2n) is 0. The van der Waals surface area contributed by atoms with E-state index in [2.05, 4.69) is 0 Å². The van der Waals surface area contributed by atoms with Gasteiger partial charge >= 0.3 is 42.3 Å². The van der Waals surface area contributed by atoms with Crippen molar-refractivity contribution in [3.63, 3.8) is 0 Å². The number of rotatable bonds is 0. The van der Waals surface area contributed by atoms with E-state index in [1.807, 2.05) is 0 Å². The third-order valence-corrected chi connectivity index (χ3v) is 0. The van der Waals surface area contributed by atoms with Crippen molar-refractivity contribution in [2.45, 2.75) is 0 Å². The third-order valence-electron chi connectivity index (χ3n) is 0. The zero-order chi connectivity index (χ0) is 0. The minimum Gasteiger partial charge on any atom is -2.00 e. The topological polar surface area (TPSA) is 85.5 Å². The van der Waals surface area contributed by atoms with Gasteiger partial charge in [0.1, 0.15) is 0 Å². The van der Waals surface area contributed by atoms with Crippen molar-refractivity contribution in [1.29, 1.82) is 0 Å². The van der Waals surface area contributed by atoms with E-state index in [0.29, 0.717) is 0 Å². The van der Waals surface area contributed by atoms with E-state index >= 15 is 0 Å². The van der Waals surface area contributed by atoms with Gasteiger partial charge in [-0.25, -0.2) is 0 Å². The minimum absolute atomic E-state index is 0. The first-order valence-corrected chi connectivity index (χ1v) is 0. The van der Waals surface area contributed by atoms with Crippen molar-refractivity contribution in [2.24, 2.45) is 0 Å². The average molecular weight is 285 g/mol. The Labute approximate surface area is 58.8 Å². The summed E-state index contributed by atoms with van der Waals surface area (Å²) in [5.41, 5.74) is 0. The van der Waals surface area contributed by atoms with Crippen LogP contribution in [0.5, 0.6) is 0 Å². The SMILES string of the molecule is [Hf+4].[Ni+2].[O-2].[O-2].[O-2]. The van der Waals surface area contributed by atoms with Crippen LogP contribution in [0.25, 0.3) is 0 Å². The van der Waals surface area contributed by atoms with Crippen LogP contribution in [0.15, 0.2) is 0 Å². The Morgan fingerprint density at radius 3 is 0.600 bits per heavy atom. The van der Waals surface area contributed by atoms with Crippen molar-refractivity contribution in [3.05, 3.63) is 0 Å². The summed E-state index contributed by atoms with van der Waals surface area (Å²) in [7, 11) is 0. The maximum absolute atomic E-state index is 0. The summed E-state index contributed by atoms with van der Waals surface area (Å²) < 4.78 is 0. The predicted octanol–water partition coefficient (Wildman–Crippen LogP) is -0.361. The Kier molecular flexibility index (Phi) is 1360. The predicted molar refractivity (Wildman–Crippen MR) is 2.06 cm³/mol. The first kappa shape index (κ1) is 111. The van der Waals surface area contributed by atoms with Gasteiger partial charge in [-0.15, -0.1) is 0 Å². The molecule has 0 heterocycles. The van der Waals surface area contributed by atoms with Gasteiger partial charge in [0, 0.05) is 0 Å². The molecule has 0 aromatic rings. The second kappa shape index (κ2) is 61.1. The number of hydrogen-bond acceptors (Lipinski definition) is 0. The second-order valence-corrected chi connectivity index (χ2v) is 0. The van der Waals surface area contributed by atoms with Crippen LogP contribution in [0.2, 0.25) is 0 Å². The fourth-order valence-electron chi connectivity index (χ4n) is 0. The summed E-state index contributed by atoms with van der Waals surface area (Å²) >= 11 is 0. The molecule has 0 saturated carbocycles. The summed E-state index contributed by atoms with van der Waals surface area (Å²) in [5.74, 6) is 0. The van der Waals surface area contributed by atoms with E-state index in [1.54, 1.807) is 0 Å². The van der Waals surface area contributed by atoms with Gasteiger partial charge in [0.15, 0.2) is 0 Å². The van der Waals surface area contributed by atoms with Crippen LogP contribution in [0.4, 0.5) is 0 Å². The quantitative estimate of drug-likeness (QED) is 0.544. The first-order chi connectivity index (χ1) is 0. The molecule has 0 aromatic heterocycles. The van der Waals surface area contributed by atoms with Gasteiger partial charge in [0.25, 0.3) is 0 Å². The fraction of sp³-hybridized carbons (Fsp3) is 0. The molecule has 0 aliphatic heterocycles. The standard InChI is InChI=1S/Hf.Ni.3O/q+4;+2;3*-2. The molecule has 0 amide bonds. The summed E-state index contributed by atoms with van der Waals surface area (Å²) in [5, 5.41) is 0. The summed E-state index contributed by atoms with van der Waals surface area (Å²) in [6.07, 6.45) is 0. The smallest absolute Gasteiger partial charge is 2.00 e. The molecule has 0 fully saturated rings. The Balaban J connectivity index is 0. The third kappa shape index (κ3) is 35.7. The molecule has 32 valence electrons. The fourth-order valence-corrected chi connectivity index (χ4v) is 0. The summed E-state index contributed by atoms with van der Waals surface area (Å²) in [6, 6.07) is 0. The molecule has 0 aromatic carbocycles. The number of hydrogen-bond donors (Lipinski definition) is 0. The molecule has 0 bridgehead atoms. The molecule has 5 heavy (non-hydrogen) atoms. The molecule has 0 N–H and O–H groups in total. The molecule has 0 rings (SSSR count). The van der Waals surface area contributed by atoms with Crippen LogP contribution in [0.1, 0.15) is 0 Å². The summed E-state index contributed by atoms with van der Waals surface area (Å²) in [6.45, 7) is 0. The van der Waals surface area contributed by atoms with Crippen molar-refractivity contribution < 1.29 is 58.8 Å². The van der Waals surface area contributed by atoms with Gasteiger partial charge < -0.3 is 16.4 Å². The van der Waals surface area contributed by atoms with Crippen LogP contribution in [0, 0.1) is 0 Å². The summed E-state index contributed by atoms with van der Waals surface area (Å²) in [4.78, 5) is 0.